The molecule has 4 amide bonds. The number of rotatable bonds is 4. The van der Waals surface area contributed by atoms with Crippen molar-refractivity contribution in [2.24, 2.45) is 0 Å². The van der Waals surface area contributed by atoms with Crippen LogP contribution in [0.2, 0.25) is 0 Å². The van der Waals surface area contributed by atoms with Crippen LogP contribution in [0.4, 0.5) is 4.79 Å². The molecule has 1 aromatic carbocycles. The summed E-state index contributed by atoms with van der Waals surface area (Å²) < 4.78 is 0. The quantitative estimate of drug-likeness (QED) is 0.764. The number of imide groups is 1. The highest BCUT2D eigenvalue weighted by atomic mass is 16.2. The van der Waals surface area contributed by atoms with E-state index < -0.39 is 18.0 Å². The fraction of sp³-hybridized carbons (Fsp3) is 0.412. The summed E-state index contributed by atoms with van der Waals surface area (Å²) in [7, 11) is 0. The van der Waals surface area contributed by atoms with E-state index >= 15 is 0 Å². The van der Waals surface area contributed by atoms with E-state index in [0.29, 0.717) is 26.2 Å². The number of benzene rings is 1. The van der Waals surface area contributed by atoms with Gasteiger partial charge in [-0.1, -0.05) is 30.3 Å². The molecule has 1 N–H and O–H groups in total. The van der Waals surface area contributed by atoms with Gasteiger partial charge in [0.15, 0.2) is 0 Å². The molecule has 0 aliphatic carbocycles. The predicted octanol–water partition coefficient (Wildman–Crippen LogP) is -0.225. The normalized spacial score (nSPS) is 21.2. The minimum Gasteiger partial charge on any atom is -0.337 e. The molecule has 2 aliphatic heterocycles. The maximum absolute atomic E-state index is 12.4. The van der Waals surface area contributed by atoms with Crippen molar-refractivity contribution < 1.29 is 14.4 Å². The van der Waals surface area contributed by atoms with Gasteiger partial charge in [0, 0.05) is 26.2 Å². The van der Waals surface area contributed by atoms with E-state index in [0.717, 1.165) is 5.56 Å². The summed E-state index contributed by atoms with van der Waals surface area (Å²) in [4.78, 5) is 39.9. The second-order valence-corrected chi connectivity index (χ2v) is 6.15. The van der Waals surface area contributed by atoms with Crippen LogP contribution in [0.3, 0.4) is 0 Å². The van der Waals surface area contributed by atoms with Gasteiger partial charge in [-0.25, -0.2) is 4.79 Å². The van der Waals surface area contributed by atoms with Crippen molar-refractivity contribution in [2.75, 3.05) is 32.7 Å². The molecule has 130 valence electrons. The second kappa shape index (κ2) is 7.32. The summed E-state index contributed by atoms with van der Waals surface area (Å²) in [5.41, 5.74) is 1.12. The Balaban J connectivity index is 1.57. The Hall–Kier alpha value is -2.92. The summed E-state index contributed by atoms with van der Waals surface area (Å²) in [5.74, 6) is -0.648. The topological polar surface area (TPSA) is 96.7 Å². The molecule has 1 atom stereocenters. The second-order valence-electron chi connectivity index (χ2n) is 6.15. The Morgan fingerprint density at radius 1 is 1.24 bits per heavy atom. The van der Waals surface area contributed by atoms with Crippen LogP contribution in [0.5, 0.6) is 0 Å². The minimum absolute atomic E-state index is 0.0970. The molecular formula is C17H19N5O3. The lowest BCUT2D eigenvalue weighted by atomic mass is 10.1. The van der Waals surface area contributed by atoms with E-state index in [-0.39, 0.29) is 19.0 Å². The van der Waals surface area contributed by atoms with E-state index in [1.165, 1.54) is 4.90 Å². The van der Waals surface area contributed by atoms with Crippen molar-refractivity contribution in [2.45, 2.75) is 12.6 Å². The molecule has 8 heteroatoms. The third-order valence-electron chi connectivity index (χ3n) is 4.42. The maximum Gasteiger partial charge on any atom is 0.325 e. The number of piperazine rings is 1. The Labute approximate surface area is 145 Å². The SMILES string of the molecule is N#CC1CN(C(=O)CN2CC(=O)NC2=O)CCN1Cc1ccccc1. The van der Waals surface area contributed by atoms with Gasteiger partial charge < -0.3 is 9.80 Å². The molecule has 2 saturated heterocycles. The van der Waals surface area contributed by atoms with Crippen LogP contribution in [0.1, 0.15) is 5.56 Å². The minimum atomic E-state index is -0.544. The maximum atomic E-state index is 12.4. The monoisotopic (exact) mass is 341 g/mol. The summed E-state index contributed by atoms with van der Waals surface area (Å²) in [5, 5.41) is 11.6. The average Bonchev–Trinajstić information content (AvgIpc) is 2.93. The Bertz CT molecular complexity index is 715. The smallest absolute Gasteiger partial charge is 0.325 e. The first-order valence-electron chi connectivity index (χ1n) is 8.11. The van der Waals surface area contributed by atoms with Gasteiger partial charge in [0.1, 0.15) is 19.1 Å². The summed E-state index contributed by atoms with van der Waals surface area (Å²) in [6.45, 7) is 1.79. The number of hydrogen-bond acceptors (Lipinski definition) is 5. The number of amides is 4. The average molecular weight is 341 g/mol. The summed E-state index contributed by atoms with van der Waals surface area (Å²) >= 11 is 0. The summed E-state index contributed by atoms with van der Waals surface area (Å²) in [6.07, 6.45) is 0. The number of nitriles is 1. The van der Waals surface area contributed by atoms with E-state index in [4.69, 9.17) is 0 Å². The molecular weight excluding hydrogens is 322 g/mol. The molecule has 0 bridgehead atoms. The lowest BCUT2D eigenvalue weighted by molar-refractivity contribution is -0.134. The highest BCUT2D eigenvalue weighted by molar-refractivity contribution is 6.03. The van der Waals surface area contributed by atoms with E-state index in [9.17, 15) is 19.6 Å². The van der Waals surface area contributed by atoms with E-state index in [2.05, 4.69) is 11.4 Å². The van der Waals surface area contributed by atoms with E-state index in [1.54, 1.807) is 4.90 Å². The molecule has 8 nitrogen and oxygen atoms in total. The van der Waals surface area contributed by atoms with Crippen molar-refractivity contribution in [1.29, 1.82) is 5.26 Å². The third-order valence-corrected chi connectivity index (χ3v) is 4.42. The van der Waals surface area contributed by atoms with Crippen LogP contribution < -0.4 is 5.32 Å². The highest BCUT2D eigenvalue weighted by Crippen LogP contribution is 2.14. The number of urea groups is 1. The van der Waals surface area contributed by atoms with Crippen molar-refractivity contribution in [1.82, 2.24) is 20.0 Å². The van der Waals surface area contributed by atoms with E-state index in [1.807, 2.05) is 35.2 Å². The van der Waals surface area contributed by atoms with Crippen molar-refractivity contribution >= 4 is 17.8 Å². The number of carbonyl (C=O) groups is 3. The molecule has 0 saturated carbocycles. The Kier molecular flexibility index (Phi) is 4.95. The molecule has 1 unspecified atom stereocenters. The molecule has 2 fully saturated rings. The first kappa shape index (κ1) is 16.9. The first-order chi connectivity index (χ1) is 12.1. The lowest BCUT2D eigenvalue weighted by Gasteiger charge is -2.38. The molecule has 0 aromatic heterocycles. The van der Waals surface area contributed by atoms with Gasteiger partial charge in [-0.15, -0.1) is 0 Å². The van der Waals surface area contributed by atoms with Crippen LogP contribution in [-0.4, -0.2) is 71.3 Å². The molecule has 0 spiro atoms. The van der Waals surface area contributed by atoms with Crippen LogP contribution in [0, 0.1) is 11.3 Å². The fourth-order valence-electron chi connectivity index (χ4n) is 3.05. The van der Waals surface area contributed by atoms with Crippen LogP contribution in [0.15, 0.2) is 30.3 Å². The number of carbonyl (C=O) groups excluding carboxylic acids is 3. The van der Waals surface area contributed by atoms with Crippen molar-refractivity contribution in [3.63, 3.8) is 0 Å². The molecule has 0 radical (unpaired) electrons. The van der Waals surface area contributed by atoms with Gasteiger partial charge in [-0.3, -0.25) is 19.8 Å². The van der Waals surface area contributed by atoms with Gasteiger partial charge in [0.2, 0.25) is 11.8 Å². The molecule has 2 heterocycles. The zero-order valence-electron chi connectivity index (χ0n) is 13.7. The van der Waals surface area contributed by atoms with Crippen LogP contribution >= 0.6 is 0 Å². The standard InChI is InChI=1S/C17H19N5O3/c18-8-14-10-21(16(24)12-22-11-15(23)19-17(22)25)7-6-20(14)9-13-4-2-1-3-5-13/h1-5,14H,6-7,9-12H2,(H,19,23,25). The lowest BCUT2D eigenvalue weighted by Crippen LogP contribution is -2.55. The van der Waals surface area contributed by atoms with Crippen LogP contribution in [-0.2, 0) is 16.1 Å². The third kappa shape index (κ3) is 3.95. The predicted molar refractivity (Wildman–Crippen MR) is 87.9 cm³/mol. The molecule has 25 heavy (non-hydrogen) atoms. The molecule has 3 rings (SSSR count). The van der Waals surface area contributed by atoms with Crippen LogP contribution in [0.25, 0.3) is 0 Å². The molecule has 1 aromatic rings. The Morgan fingerprint density at radius 2 is 2.00 bits per heavy atom. The first-order valence-corrected chi connectivity index (χ1v) is 8.11. The van der Waals surface area contributed by atoms with Gasteiger partial charge >= 0.3 is 6.03 Å². The highest BCUT2D eigenvalue weighted by Gasteiger charge is 2.33. The largest absolute Gasteiger partial charge is 0.337 e. The van der Waals surface area contributed by atoms with Gasteiger partial charge in [-0.2, -0.15) is 5.26 Å². The zero-order valence-corrected chi connectivity index (χ0v) is 13.7. The van der Waals surface area contributed by atoms with Crippen molar-refractivity contribution in [3.8, 4) is 6.07 Å². The summed E-state index contributed by atoms with van der Waals surface area (Å²) in [6, 6.07) is 11.2. The number of nitrogens with zero attached hydrogens (tertiary/aromatic N) is 4. The van der Waals surface area contributed by atoms with Gasteiger partial charge in [-0.05, 0) is 5.56 Å². The zero-order chi connectivity index (χ0) is 17.8. The van der Waals surface area contributed by atoms with Gasteiger partial charge in [0.05, 0.1) is 6.07 Å². The number of hydrogen-bond donors (Lipinski definition) is 1. The number of nitrogens with one attached hydrogen (secondary N) is 1. The molecule has 2 aliphatic rings. The van der Waals surface area contributed by atoms with Crippen molar-refractivity contribution in [3.05, 3.63) is 35.9 Å². The van der Waals surface area contributed by atoms with Gasteiger partial charge in [0.25, 0.3) is 0 Å². The Morgan fingerprint density at radius 3 is 2.64 bits per heavy atom. The fourth-order valence-corrected chi connectivity index (χ4v) is 3.05.